The van der Waals surface area contributed by atoms with Crippen LogP contribution >= 0.6 is 0 Å². The Kier molecular flexibility index (Phi) is 4.20. The molecule has 0 unspecified atom stereocenters. The molecule has 6 heteroatoms. The van der Waals surface area contributed by atoms with E-state index in [1.165, 1.54) is 0 Å². The maximum Gasteiger partial charge on any atom is 0.119 e. The second kappa shape index (κ2) is 6.44. The molecular weight excluding hydrogens is 282 g/mol. The van der Waals surface area contributed by atoms with Crippen molar-refractivity contribution >= 4 is 11.0 Å². The lowest BCUT2D eigenvalue weighted by Gasteiger charge is -2.13. The Hall–Kier alpha value is -2.60. The zero-order chi connectivity index (χ0) is 15.4. The normalized spacial score (nSPS) is 12.3. The smallest absolute Gasteiger partial charge is 0.119 e. The van der Waals surface area contributed by atoms with Crippen LogP contribution < -0.4 is 9.47 Å². The van der Waals surface area contributed by atoms with Crippen LogP contribution in [0.15, 0.2) is 48.5 Å². The van der Waals surface area contributed by atoms with Crippen molar-refractivity contribution in [3.63, 3.8) is 0 Å². The Morgan fingerprint density at radius 3 is 2.59 bits per heavy atom. The van der Waals surface area contributed by atoms with E-state index < -0.39 is 6.10 Å². The van der Waals surface area contributed by atoms with E-state index in [1.807, 2.05) is 36.4 Å². The molecule has 1 atom stereocenters. The molecule has 0 saturated heterocycles. The van der Waals surface area contributed by atoms with Crippen LogP contribution in [0.2, 0.25) is 0 Å². The maximum absolute atomic E-state index is 10.1. The summed E-state index contributed by atoms with van der Waals surface area (Å²) in [5, 5.41) is 18.2. The van der Waals surface area contributed by atoms with E-state index in [0.717, 1.165) is 16.8 Å². The zero-order valence-corrected chi connectivity index (χ0v) is 12.2. The van der Waals surface area contributed by atoms with Crippen LogP contribution in [0.25, 0.3) is 11.0 Å². The summed E-state index contributed by atoms with van der Waals surface area (Å²) >= 11 is 0. The second-order valence-electron chi connectivity index (χ2n) is 4.90. The summed E-state index contributed by atoms with van der Waals surface area (Å²) in [5.74, 6) is 1.45. The lowest BCUT2D eigenvalue weighted by atomic mass is 10.3. The molecular formula is C16H17N3O3. The van der Waals surface area contributed by atoms with Gasteiger partial charge < -0.3 is 14.6 Å². The van der Waals surface area contributed by atoms with Crippen molar-refractivity contribution in [2.45, 2.75) is 12.6 Å². The van der Waals surface area contributed by atoms with Crippen molar-refractivity contribution in [3.05, 3.63) is 48.5 Å². The minimum absolute atomic E-state index is 0.181. The highest BCUT2D eigenvalue weighted by molar-refractivity contribution is 5.73. The van der Waals surface area contributed by atoms with Crippen molar-refractivity contribution in [2.75, 3.05) is 13.7 Å². The molecule has 1 aromatic heterocycles. The van der Waals surface area contributed by atoms with Gasteiger partial charge in [0.2, 0.25) is 0 Å². The van der Waals surface area contributed by atoms with Gasteiger partial charge >= 0.3 is 0 Å². The summed E-state index contributed by atoms with van der Waals surface area (Å²) in [5.41, 5.74) is 1.71. The molecule has 3 rings (SSSR count). The summed E-state index contributed by atoms with van der Waals surface area (Å²) in [6, 6.07) is 14.9. The lowest BCUT2D eigenvalue weighted by molar-refractivity contribution is 0.0899. The second-order valence-corrected chi connectivity index (χ2v) is 4.90. The number of aliphatic hydroxyl groups excluding tert-OH is 1. The van der Waals surface area contributed by atoms with Gasteiger partial charge in [-0.1, -0.05) is 17.3 Å². The van der Waals surface area contributed by atoms with Crippen molar-refractivity contribution < 1.29 is 14.6 Å². The third-order valence-electron chi connectivity index (χ3n) is 3.31. The average molecular weight is 299 g/mol. The Morgan fingerprint density at radius 2 is 1.82 bits per heavy atom. The molecule has 114 valence electrons. The van der Waals surface area contributed by atoms with Crippen LogP contribution in [0, 0.1) is 0 Å². The highest BCUT2D eigenvalue weighted by Crippen LogP contribution is 2.17. The SMILES string of the molecule is COc1ccc(OC[C@H](O)Cn2nnc3ccccc32)cc1. The van der Waals surface area contributed by atoms with Gasteiger partial charge in [-0.25, -0.2) is 4.68 Å². The van der Waals surface area contributed by atoms with E-state index in [1.54, 1.807) is 23.9 Å². The number of hydrogen-bond acceptors (Lipinski definition) is 5. The third kappa shape index (κ3) is 3.17. The quantitative estimate of drug-likeness (QED) is 0.752. The van der Waals surface area contributed by atoms with Gasteiger partial charge in [0, 0.05) is 0 Å². The third-order valence-corrected chi connectivity index (χ3v) is 3.31. The van der Waals surface area contributed by atoms with Gasteiger partial charge in [-0.05, 0) is 36.4 Å². The summed E-state index contributed by atoms with van der Waals surface area (Å²) < 4.78 is 12.3. The first kappa shape index (κ1) is 14.3. The molecule has 0 bridgehead atoms. The molecule has 0 aliphatic carbocycles. The number of aliphatic hydroxyl groups is 1. The predicted octanol–water partition coefficient (Wildman–Crippen LogP) is 1.88. The van der Waals surface area contributed by atoms with E-state index in [0.29, 0.717) is 12.3 Å². The average Bonchev–Trinajstić information content (AvgIpc) is 2.97. The number of nitrogens with zero attached hydrogens (tertiary/aromatic N) is 3. The van der Waals surface area contributed by atoms with Gasteiger partial charge in [0.05, 0.1) is 19.2 Å². The number of benzene rings is 2. The van der Waals surface area contributed by atoms with Crippen LogP contribution in [-0.4, -0.2) is 39.9 Å². The van der Waals surface area contributed by atoms with E-state index in [4.69, 9.17) is 9.47 Å². The molecule has 0 spiro atoms. The molecule has 6 nitrogen and oxygen atoms in total. The fourth-order valence-corrected chi connectivity index (χ4v) is 2.17. The van der Waals surface area contributed by atoms with Crippen LogP contribution in [-0.2, 0) is 6.54 Å². The van der Waals surface area contributed by atoms with Gasteiger partial charge in [-0.2, -0.15) is 0 Å². The topological polar surface area (TPSA) is 69.4 Å². The van der Waals surface area contributed by atoms with Gasteiger partial charge in [-0.15, -0.1) is 5.10 Å². The lowest BCUT2D eigenvalue weighted by Crippen LogP contribution is -2.24. The van der Waals surface area contributed by atoms with E-state index in [2.05, 4.69) is 10.3 Å². The molecule has 1 N–H and O–H groups in total. The minimum atomic E-state index is -0.674. The number of methoxy groups -OCH3 is 1. The molecule has 22 heavy (non-hydrogen) atoms. The molecule has 0 saturated carbocycles. The van der Waals surface area contributed by atoms with E-state index in [9.17, 15) is 5.11 Å². The molecule has 2 aromatic carbocycles. The first-order valence-electron chi connectivity index (χ1n) is 6.99. The molecule has 0 amide bonds. The molecule has 1 heterocycles. The minimum Gasteiger partial charge on any atom is -0.497 e. The molecule has 0 fully saturated rings. The summed E-state index contributed by atoms with van der Waals surface area (Å²) in [6.45, 7) is 0.511. The molecule has 0 aliphatic heterocycles. The van der Waals surface area contributed by atoms with Crippen molar-refractivity contribution in [1.29, 1.82) is 0 Å². The number of fused-ring (bicyclic) bond motifs is 1. The predicted molar refractivity (Wildman–Crippen MR) is 82.0 cm³/mol. The summed E-state index contributed by atoms with van der Waals surface area (Å²) in [4.78, 5) is 0. The number of para-hydroxylation sites is 1. The van der Waals surface area contributed by atoms with Gasteiger partial charge in [-0.3, -0.25) is 0 Å². The Bertz CT molecular complexity index is 740. The van der Waals surface area contributed by atoms with Crippen molar-refractivity contribution in [1.82, 2.24) is 15.0 Å². The summed E-state index contributed by atoms with van der Waals surface area (Å²) in [7, 11) is 1.61. The van der Waals surface area contributed by atoms with Crippen LogP contribution in [0.3, 0.4) is 0 Å². The van der Waals surface area contributed by atoms with E-state index >= 15 is 0 Å². The molecule has 3 aromatic rings. The first-order chi connectivity index (χ1) is 10.8. The highest BCUT2D eigenvalue weighted by atomic mass is 16.5. The monoisotopic (exact) mass is 299 g/mol. The Morgan fingerprint density at radius 1 is 1.09 bits per heavy atom. The Balaban J connectivity index is 1.59. The molecule has 0 aliphatic rings. The van der Waals surface area contributed by atoms with Crippen LogP contribution in [0.1, 0.15) is 0 Å². The fraction of sp³-hybridized carbons (Fsp3) is 0.250. The van der Waals surface area contributed by atoms with Crippen LogP contribution in [0.5, 0.6) is 11.5 Å². The number of aromatic nitrogens is 3. The number of ether oxygens (including phenoxy) is 2. The van der Waals surface area contributed by atoms with Crippen molar-refractivity contribution in [3.8, 4) is 11.5 Å². The largest absolute Gasteiger partial charge is 0.497 e. The van der Waals surface area contributed by atoms with Crippen molar-refractivity contribution in [2.24, 2.45) is 0 Å². The maximum atomic E-state index is 10.1. The Labute approximate surface area is 127 Å². The molecule has 0 radical (unpaired) electrons. The van der Waals surface area contributed by atoms with Gasteiger partial charge in [0.1, 0.15) is 29.7 Å². The van der Waals surface area contributed by atoms with Gasteiger partial charge in [0.15, 0.2) is 0 Å². The number of hydrogen-bond donors (Lipinski definition) is 1. The summed E-state index contributed by atoms with van der Waals surface area (Å²) in [6.07, 6.45) is -0.674. The van der Waals surface area contributed by atoms with E-state index in [-0.39, 0.29) is 6.61 Å². The zero-order valence-electron chi connectivity index (χ0n) is 12.2. The highest BCUT2D eigenvalue weighted by Gasteiger charge is 2.10. The number of rotatable bonds is 6. The van der Waals surface area contributed by atoms with Gasteiger partial charge in [0.25, 0.3) is 0 Å². The first-order valence-corrected chi connectivity index (χ1v) is 6.99. The fourth-order valence-electron chi connectivity index (χ4n) is 2.17. The standard InChI is InChI=1S/C16H17N3O3/c1-21-13-6-8-14(9-7-13)22-11-12(20)10-19-16-5-3-2-4-15(16)17-18-19/h2-9,12,20H,10-11H2,1H3/t12-/m1/s1. The van der Waals surface area contributed by atoms with Crippen LogP contribution in [0.4, 0.5) is 0 Å².